The maximum absolute atomic E-state index is 12.3. The molecule has 3 N–H and O–H groups in total. The summed E-state index contributed by atoms with van der Waals surface area (Å²) in [6, 6.07) is 15.5. The Bertz CT molecular complexity index is 1000. The molecule has 7 nitrogen and oxygen atoms in total. The Morgan fingerprint density at radius 2 is 1.85 bits per heavy atom. The van der Waals surface area contributed by atoms with Crippen molar-refractivity contribution < 1.29 is 19.4 Å². The van der Waals surface area contributed by atoms with E-state index in [2.05, 4.69) is 23.3 Å². The Morgan fingerprint density at radius 3 is 2.58 bits per heavy atom. The molecule has 1 unspecified atom stereocenters. The van der Waals surface area contributed by atoms with Gasteiger partial charge in [0.1, 0.15) is 24.2 Å². The van der Waals surface area contributed by atoms with E-state index in [9.17, 15) is 9.90 Å². The second kappa shape index (κ2) is 12.3. The second-order valence-electron chi connectivity index (χ2n) is 8.14. The molecule has 3 aromatic rings. The molecule has 2 aromatic carbocycles. The van der Waals surface area contributed by atoms with Gasteiger partial charge in [-0.25, -0.2) is 0 Å². The van der Waals surface area contributed by atoms with Crippen LogP contribution in [0.2, 0.25) is 0 Å². The summed E-state index contributed by atoms with van der Waals surface area (Å²) in [4.78, 5) is 17.3. The molecular formula is C26H35N3O4. The van der Waals surface area contributed by atoms with E-state index in [0.29, 0.717) is 25.4 Å². The summed E-state index contributed by atoms with van der Waals surface area (Å²) >= 11 is 0. The van der Waals surface area contributed by atoms with E-state index in [-0.39, 0.29) is 25.2 Å². The van der Waals surface area contributed by atoms with E-state index < -0.39 is 6.10 Å². The minimum absolute atomic E-state index is 0.0172. The number of nitrogens with zero attached hydrogens (tertiary/aromatic N) is 1. The van der Waals surface area contributed by atoms with Gasteiger partial charge in [0.25, 0.3) is 5.91 Å². The third-order valence-electron chi connectivity index (χ3n) is 5.64. The van der Waals surface area contributed by atoms with Crippen LogP contribution in [0.5, 0.6) is 11.5 Å². The number of aliphatic hydroxyl groups is 1. The van der Waals surface area contributed by atoms with E-state index in [1.165, 1.54) is 0 Å². The maximum Gasteiger partial charge on any atom is 0.260 e. The number of likely N-dealkylation sites (N-methyl/N-ethyl adjacent to an activating group) is 1. The lowest BCUT2D eigenvalue weighted by Crippen LogP contribution is -2.37. The molecule has 178 valence electrons. The number of aromatic amines is 1. The van der Waals surface area contributed by atoms with Crippen molar-refractivity contribution in [2.24, 2.45) is 0 Å². The first-order chi connectivity index (χ1) is 16.0. The summed E-state index contributed by atoms with van der Waals surface area (Å²) in [5, 5.41) is 14.7. The molecule has 0 fully saturated rings. The van der Waals surface area contributed by atoms with Crippen LogP contribution in [0.3, 0.4) is 0 Å². The van der Waals surface area contributed by atoms with Crippen LogP contribution in [0.1, 0.15) is 26.3 Å². The van der Waals surface area contributed by atoms with Crippen LogP contribution in [-0.4, -0.2) is 65.9 Å². The number of nitrogens with one attached hydrogen (secondary N) is 2. The van der Waals surface area contributed by atoms with Crippen LogP contribution < -0.4 is 14.8 Å². The number of fused-ring (bicyclic) bond motifs is 1. The lowest BCUT2D eigenvalue weighted by Gasteiger charge is -2.19. The van der Waals surface area contributed by atoms with Crippen molar-refractivity contribution in [3.05, 3.63) is 60.3 Å². The van der Waals surface area contributed by atoms with Crippen LogP contribution >= 0.6 is 0 Å². The van der Waals surface area contributed by atoms with Gasteiger partial charge in [-0.3, -0.25) is 4.79 Å². The van der Waals surface area contributed by atoms with Crippen LogP contribution in [0, 0.1) is 0 Å². The maximum atomic E-state index is 12.3. The molecule has 1 amide bonds. The standard InChI is InChI=1S/C26H35N3O4/c1-4-29(5-2)25(31)18-33-24-13-9-12-23-20(15-28-26(23)24)14-19(3)27-16-21(30)17-32-22-10-7-6-8-11-22/h6-13,15,19,21,27-28,30H,4-5,14,16-18H2,1-3H3/t19?,21-/m0/s1. The van der Waals surface area contributed by atoms with Gasteiger partial charge in [0.2, 0.25) is 0 Å². The summed E-state index contributed by atoms with van der Waals surface area (Å²) in [5.41, 5.74) is 2.05. The summed E-state index contributed by atoms with van der Waals surface area (Å²) in [7, 11) is 0. The largest absolute Gasteiger partial charge is 0.491 e. The average Bonchev–Trinajstić information content (AvgIpc) is 3.24. The number of amides is 1. The van der Waals surface area contributed by atoms with Gasteiger partial charge in [-0.2, -0.15) is 0 Å². The first-order valence-corrected chi connectivity index (χ1v) is 11.6. The van der Waals surface area contributed by atoms with Crippen LogP contribution in [0.4, 0.5) is 0 Å². The smallest absolute Gasteiger partial charge is 0.260 e. The van der Waals surface area contributed by atoms with Crippen LogP contribution in [0.25, 0.3) is 10.9 Å². The Hall–Kier alpha value is -3.03. The minimum atomic E-state index is -0.598. The molecule has 2 atom stereocenters. The summed E-state index contributed by atoms with van der Waals surface area (Å²) in [6.07, 6.45) is 2.17. The van der Waals surface area contributed by atoms with Crippen LogP contribution in [0.15, 0.2) is 54.7 Å². The Balaban J connectivity index is 1.51. The number of rotatable bonds is 13. The van der Waals surface area contributed by atoms with Crippen LogP contribution in [-0.2, 0) is 11.2 Å². The van der Waals surface area contributed by atoms with Crippen molar-refractivity contribution in [1.82, 2.24) is 15.2 Å². The van der Waals surface area contributed by atoms with E-state index in [1.54, 1.807) is 4.90 Å². The van der Waals surface area contributed by atoms with Gasteiger partial charge in [-0.15, -0.1) is 0 Å². The zero-order valence-electron chi connectivity index (χ0n) is 19.7. The fourth-order valence-electron chi connectivity index (χ4n) is 3.79. The number of carbonyl (C=O) groups is 1. The summed E-state index contributed by atoms with van der Waals surface area (Å²) in [5.74, 6) is 1.41. The van der Waals surface area contributed by atoms with Crippen molar-refractivity contribution in [2.75, 3.05) is 32.8 Å². The van der Waals surface area contributed by atoms with E-state index in [1.807, 2.05) is 62.5 Å². The molecular weight excluding hydrogens is 418 g/mol. The molecule has 1 heterocycles. The minimum Gasteiger partial charge on any atom is -0.491 e. The highest BCUT2D eigenvalue weighted by molar-refractivity contribution is 5.89. The third kappa shape index (κ3) is 6.97. The molecule has 0 aliphatic rings. The highest BCUT2D eigenvalue weighted by Gasteiger charge is 2.15. The second-order valence-corrected chi connectivity index (χ2v) is 8.14. The number of ether oxygens (including phenoxy) is 2. The molecule has 0 saturated heterocycles. The van der Waals surface area contributed by atoms with Crippen molar-refractivity contribution in [3.63, 3.8) is 0 Å². The zero-order valence-corrected chi connectivity index (χ0v) is 19.7. The normalized spacial score (nSPS) is 13.0. The van der Waals surface area contributed by atoms with E-state index >= 15 is 0 Å². The number of hydrogen-bond acceptors (Lipinski definition) is 5. The number of H-pyrrole nitrogens is 1. The molecule has 7 heteroatoms. The molecule has 0 bridgehead atoms. The average molecular weight is 454 g/mol. The van der Waals surface area contributed by atoms with Gasteiger partial charge in [0.15, 0.2) is 6.61 Å². The van der Waals surface area contributed by atoms with Crippen molar-refractivity contribution in [3.8, 4) is 11.5 Å². The van der Waals surface area contributed by atoms with Crippen molar-refractivity contribution in [1.29, 1.82) is 0 Å². The first-order valence-electron chi connectivity index (χ1n) is 11.6. The molecule has 33 heavy (non-hydrogen) atoms. The predicted molar refractivity (Wildman–Crippen MR) is 131 cm³/mol. The lowest BCUT2D eigenvalue weighted by molar-refractivity contribution is -0.132. The monoisotopic (exact) mass is 453 g/mol. The molecule has 3 rings (SSSR count). The number of carbonyl (C=O) groups excluding carboxylic acids is 1. The highest BCUT2D eigenvalue weighted by atomic mass is 16.5. The quantitative estimate of drug-likeness (QED) is 0.369. The molecule has 0 radical (unpaired) electrons. The number of para-hydroxylation sites is 2. The van der Waals surface area contributed by atoms with Gasteiger partial charge in [0.05, 0.1) is 5.52 Å². The van der Waals surface area contributed by atoms with Gasteiger partial charge in [-0.1, -0.05) is 30.3 Å². The van der Waals surface area contributed by atoms with Gasteiger partial charge >= 0.3 is 0 Å². The molecule has 0 saturated carbocycles. The summed E-state index contributed by atoms with van der Waals surface area (Å²) < 4.78 is 11.5. The topological polar surface area (TPSA) is 86.8 Å². The molecule has 0 aliphatic heterocycles. The fraction of sp³-hybridized carbons (Fsp3) is 0.423. The number of aromatic nitrogens is 1. The highest BCUT2D eigenvalue weighted by Crippen LogP contribution is 2.28. The lowest BCUT2D eigenvalue weighted by atomic mass is 10.1. The molecule has 0 aliphatic carbocycles. The van der Waals surface area contributed by atoms with E-state index in [4.69, 9.17) is 9.47 Å². The molecule has 0 spiro atoms. The number of hydrogen-bond donors (Lipinski definition) is 3. The van der Waals surface area contributed by atoms with Gasteiger partial charge < -0.3 is 29.8 Å². The van der Waals surface area contributed by atoms with Gasteiger partial charge in [0, 0.05) is 37.3 Å². The Morgan fingerprint density at radius 1 is 1.09 bits per heavy atom. The first kappa shape index (κ1) is 24.6. The molecule has 1 aromatic heterocycles. The van der Waals surface area contributed by atoms with Gasteiger partial charge in [-0.05, 0) is 51.0 Å². The fourth-order valence-corrected chi connectivity index (χ4v) is 3.79. The SMILES string of the molecule is CCN(CC)C(=O)COc1cccc2c(CC(C)NC[C@H](O)COc3ccccc3)c[nH]c12. The third-order valence-corrected chi connectivity index (χ3v) is 5.64. The Labute approximate surface area is 195 Å². The van der Waals surface area contributed by atoms with Crippen molar-refractivity contribution >= 4 is 16.8 Å². The predicted octanol–water partition coefficient (Wildman–Crippen LogP) is 3.38. The number of benzene rings is 2. The van der Waals surface area contributed by atoms with E-state index in [0.717, 1.165) is 28.6 Å². The summed E-state index contributed by atoms with van der Waals surface area (Å²) in [6.45, 7) is 8.07. The zero-order chi connectivity index (χ0) is 23.6. The Kier molecular flexibility index (Phi) is 9.15. The van der Waals surface area contributed by atoms with Crippen molar-refractivity contribution in [2.45, 2.75) is 39.3 Å². The number of aliphatic hydroxyl groups excluding tert-OH is 1.